The van der Waals surface area contributed by atoms with Crippen LogP contribution in [0.2, 0.25) is 0 Å². The molecule has 1 unspecified atom stereocenters. The van der Waals surface area contributed by atoms with Crippen molar-refractivity contribution in [3.05, 3.63) is 60.2 Å². The topological polar surface area (TPSA) is 32.3 Å². The molecule has 0 aliphatic carbocycles. The van der Waals surface area contributed by atoms with Crippen LogP contribution in [0.1, 0.15) is 31.9 Å². The van der Waals surface area contributed by atoms with Crippen LogP contribution in [0.5, 0.6) is 0 Å². The number of rotatable bonds is 4. The second-order valence-electron chi connectivity index (χ2n) is 5.00. The van der Waals surface area contributed by atoms with E-state index < -0.39 is 6.23 Å². The zero-order valence-electron chi connectivity index (χ0n) is 12.5. The van der Waals surface area contributed by atoms with Crippen LogP contribution in [0.3, 0.4) is 0 Å². The van der Waals surface area contributed by atoms with Gasteiger partial charge in [0, 0.05) is 12.5 Å². The van der Waals surface area contributed by atoms with E-state index in [2.05, 4.69) is 48.3 Å². The molecule has 108 valence electrons. The zero-order chi connectivity index (χ0) is 15.1. The summed E-state index contributed by atoms with van der Waals surface area (Å²) in [7, 11) is 0. The maximum Gasteiger partial charge on any atom is 0.116 e. The summed E-state index contributed by atoms with van der Waals surface area (Å²) in [6, 6.07) is 14.6. The van der Waals surface area contributed by atoms with Crippen LogP contribution in [0.4, 0.5) is 0 Å². The molecule has 0 fully saturated rings. The third kappa shape index (κ3) is 4.19. The standard InChI is InChI=1S/C19H21NO/c1-3-4-5-6-14-19(21)20-15(2)17-13-9-11-16-10-7-8-12-18(16)17/h3-4,7-13,15,19-21H,14H2,1-2H3/t15?,19-/m1/s1. The van der Waals surface area contributed by atoms with E-state index in [9.17, 15) is 5.11 Å². The molecule has 2 N–H and O–H groups in total. The minimum absolute atomic E-state index is 0.0645. The Labute approximate surface area is 126 Å². The fourth-order valence-corrected chi connectivity index (χ4v) is 2.36. The van der Waals surface area contributed by atoms with E-state index in [-0.39, 0.29) is 6.04 Å². The Kier molecular flexibility index (Phi) is 5.57. The van der Waals surface area contributed by atoms with E-state index in [1.54, 1.807) is 6.08 Å². The zero-order valence-corrected chi connectivity index (χ0v) is 12.5. The first kappa shape index (κ1) is 15.3. The SMILES string of the molecule is CC=CC#CC[C@@H](O)NC(C)c1cccc2ccccc12. The van der Waals surface area contributed by atoms with Gasteiger partial charge in [-0.25, -0.2) is 0 Å². The number of fused-ring (bicyclic) bond motifs is 1. The molecule has 0 saturated heterocycles. The summed E-state index contributed by atoms with van der Waals surface area (Å²) in [5.41, 5.74) is 1.19. The normalized spacial score (nSPS) is 13.9. The van der Waals surface area contributed by atoms with Gasteiger partial charge in [-0.05, 0) is 36.3 Å². The van der Waals surface area contributed by atoms with Crippen LogP contribution < -0.4 is 5.32 Å². The lowest BCUT2D eigenvalue weighted by atomic mass is 9.99. The predicted molar refractivity (Wildman–Crippen MR) is 88.7 cm³/mol. The van der Waals surface area contributed by atoms with Gasteiger partial charge in [-0.1, -0.05) is 60.4 Å². The highest BCUT2D eigenvalue weighted by atomic mass is 16.3. The number of hydrogen-bond acceptors (Lipinski definition) is 2. The van der Waals surface area contributed by atoms with Gasteiger partial charge in [0.15, 0.2) is 0 Å². The maximum atomic E-state index is 10.0. The molecule has 2 aromatic rings. The molecule has 0 heterocycles. The third-order valence-electron chi connectivity index (χ3n) is 3.38. The minimum atomic E-state index is -0.628. The lowest BCUT2D eigenvalue weighted by Crippen LogP contribution is -2.30. The molecule has 0 amide bonds. The maximum absolute atomic E-state index is 10.0. The third-order valence-corrected chi connectivity index (χ3v) is 3.38. The summed E-state index contributed by atoms with van der Waals surface area (Å²) >= 11 is 0. The van der Waals surface area contributed by atoms with Crippen molar-refractivity contribution in [1.82, 2.24) is 5.32 Å². The second kappa shape index (κ2) is 7.64. The van der Waals surface area contributed by atoms with Crippen molar-refractivity contribution in [2.45, 2.75) is 32.5 Å². The molecule has 0 saturated carbocycles. The lowest BCUT2D eigenvalue weighted by Gasteiger charge is -2.19. The van der Waals surface area contributed by atoms with Crippen LogP contribution in [0.15, 0.2) is 54.6 Å². The van der Waals surface area contributed by atoms with E-state index in [1.807, 2.05) is 31.2 Å². The first-order valence-corrected chi connectivity index (χ1v) is 7.23. The number of aliphatic hydroxyl groups excluding tert-OH is 1. The van der Waals surface area contributed by atoms with Crippen molar-refractivity contribution in [2.75, 3.05) is 0 Å². The Balaban J connectivity index is 2.09. The minimum Gasteiger partial charge on any atom is -0.378 e. The molecular weight excluding hydrogens is 258 g/mol. The molecule has 0 radical (unpaired) electrons. The summed E-state index contributed by atoms with van der Waals surface area (Å²) in [5.74, 6) is 5.81. The summed E-state index contributed by atoms with van der Waals surface area (Å²) in [6.07, 6.45) is 3.45. The van der Waals surface area contributed by atoms with Gasteiger partial charge in [0.1, 0.15) is 6.23 Å². The average Bonchev–Trinajstić information content (AvgIpc) is 2.51. The van der Waals surface area contributed by atoms with Crippen LogP contribution in [-0.2, 0) is 0 Å². The van der Waals surface area contributed by atoms with Gasteiger partial charge >= 0.3 is 0 Å². The number of hydrogen-bond donors (Lipinski definition) is 2. The van der Waals surface area contributed by atoms with Gasteiger partial charge in [-0.15, -0.1) is 0 Å². The molecule has 0 bridgehead atoms. The van der Waals surface area contributed by atoms with Crippen LogP contribution in [0, 0.1) is 11.8 Å². The summed E-state index contributed by atoms with van der Waals surface area (Å²) in [4.78, 5) is 0. The molecule has 2 atom stereocenters. The largest absolute Gasteiger partial charge is 0.378 e. The highest BCUT2D eigenvalue weighted by Gasteiger charge is 2.12. The van der Waals surface area contributed by atoms with Crippen molar-refractivity contribution < 1.29 is 5.11 Å². The van der Waals surface area contributed by atoms with E-state index in [0.29, 0.717) is 6.42 Å². The monoisotopic (exact) mass is 279 g/mol. The van der Waals surface area contributed by atoms with Gasteiger partial charge < -0.3 is 5.11 Å². The van der Waals surface area contributed by atoms with Crippen LogP contribution >= 0.6 is 0 Å². The molecule has 2 nitrogen and oxygen atoms in total. The summed E-state index contributed by atoms with van der Waals surface area (Å²) in [6.45, 7) is 3.98. The van der Waals surface area contributed by atoms with Gasteiger partial charge in [0.2, 0.25) is 0 Å². The fraction of sp³-hybridized carbons (Fsp3) is 0.263. The van der Waals surface area contributed by atoms with Crippen molar-refractivity contribution >= 4 is 10.8 Å². The number of nitrogens with one attached hydrogen (secondary N) is 1. The van der Waals surface area contributed by atoms with Crippen molar-refractivity contribution in [1.29, 1.82) is 0 Å². The molecule has 0 aliphatic heterocycles. The highest BCUT2D eigenvalue weighted by Crippen LogP contribution is 2.24. The number of benzene rings is 2. The lowest BCUT2D eigenvalue weighted by molar-refractivity contribution is 0.130. The average molecular weight is 279 g/mol. The predicted octanol–water partition coefficient (Wildman–Crippen LogP) is 3.78. The number of aliphatic hydroxyl groups is 1. The molecular formula is C19H21NO. The first-order chi connectivity index (χ1) is 10.2. The molecule has 2 heteroatoms. The number of allylic oxidation sites excluding steroid dienone is 2. The Morgan fingerprint density at radius 3 is 2.76 bits per heavy atom. The Morgan fingerprint density at radius 1 is 1.19 bits per heavy atom. The molecule has 2 rings (SSSR count). The molecule has 2 aromatic carbocycles. The van der Waals surface area contributed by atoms with Gasteiger partial charge in [0.25, 0.3) is 0 Å². The van der Waals surface area contributed by atoms with Crippen molar-refractivity contribution in [2.24, 2.45) is 0 Å². The van der Waals surface area contributed by atoms with E-state index in [4.69, 9.17) is 0 Å². The van der Waals surface area contributed by atoms with Gasteiger partial charge in [0.05, 0.1) is 0 Å². The van der Waals surface area contributed by atoms with Gasteiger partial charge in [-0.3, -0.25) is 5.32 Å². The molecule has 0 spiro atoms. The Bertz CT molecular complexity index is 673. The second-order valence-corrected chi connectivity index (χ2v) is 5.00. The Morgan fingerprint density at radius 2 is 1.95 bits per heavy atom. The fourth-order valence-electron chi connectivity index (χ4n) is 2.36. The van der Waals surface area contributed by atoms with Crippen LogP contribution in [-0.4, -0.2) is 11.3 Å². The van der Waals surface area contributed by atoms with Gasteiger partial charge in [-0.2, -0.15) is 0 Å². The summed E-state index contributed by atoms with van der Waals surface area (Å²) < 4.78 is 0. The highest BCUT2D eigenvalue weighted by molar-refractivity contribution is 5.86. The van der Waals surface area contributed by atoms with Crippen molar-refractivity contribution in [3.63, 3.8) is 0 Å². The summed E-state index contributed by atoms with van der Waals surface area (Å²) in [5, 5.41) is 15.6. The smallest absolute Gasteiger partial charge is 0.116 e. The first-order valence-electron chi connectivity index (χ1n) is 7.23. The quantitative estimate of drug-likeness (QED) is 0.659. The Hall–Kier alpha value is -2.08. The molecule has 21 heavy (non-hydrogen) atoms. The van der Waals surface area contributed by atoms with E-state index in [0.717, 1.165) is 0 Å². The van der Waals surface area contributed by atoms with Crippen molar-refractivity contribution in [3.8, 4) is 11.8 Å². The van der Waals surface area contributed by atoms with E-state index in [1.165, 1.54) is 16.3 Å². The van der Waals surface area contributed by atoms with E-state index >= 15 is 0 Å². The molecule has 0 aliphatic rings. The molecule has 0 aromatic heterocycles. The van der Waals surface area contributed by atoms with Crippen LogP contribution in [0.25, 0.3) is 10.8 Å².